The summed E-state index contributed by atoms with van der Waals surface area (Å²) in [5.74, 6) is 0.475. The van der Waals surface area contributed by atoms with Gasteiger partial charge in [-0.05, 0) is 66.5 Å². The van der Waals surface area contributed by atoms with Gasteiger partial charge in [0.25, 0.3) is 5.91 Å². The number of nitrogens with zero attached hydrogens (tertiary/aromatic N) is 1. The lowest BCUT2D eigenvalue weighted by Gasteiger charge is -2.17. The first-order chi connectivity index (χ1) is 17.4. The maximum absolute atomic E-state index is 13.6. The Morgan fingerprint density at radius 1 is 1.14 bits per heavy atom. The lowest BCUT2D eigenvalue weighted by molar-refractivity contribution is 0.0526. The highest BCUT2D eigenvalue weighted by Crippen LogP contribution is 2.45. The molecule has 0 spiro atoms. The number of allylic oxidation sites excluding steroid dienone is 4. The number of hydrogen-bond donors (Lipinski definition) is 1. The Labute approximate surface area is 210 Å². The molecule has 2 unspecified atom stereocenters. The van der Waals surface area contributed by atoms with Crippen LogP contribution in [0, 0.1) is 17.7 Å². The molecule has 0 bridgehead atoms. The van der Waals surface area contributed by atoms with Crippen molar-refractivity contribution in [2.45, 2.75) is 46.2 Å². The molecule has 0 radical (unpaired) electrons. The average Bonchev–Trinajstić information content (AvgIpc) is 3.57. The van der Waals surface area contributed by atoms with E-state index in [1.807, 2.05) is 12.1 Å². The van der Waals surface area contributed by atoms with Crippen LogP contribution in [0.3, 0.4) is 0 Å². The van der Waals surface area contributed by atoms with Crippen molar-refractivity contribution in [3.63, 3.8) is 0 Å². The molecule has 1 aromatic heterocycles. The maximum Gasteiger partial charge on any atom is 0.338 e. The number of amides is 1. The topological polar surface area (TPSA) is 60.3 Å². The van der Waals surface area contributed by atoms with E-state index in [4.69, 9.17) is 4.74 Å². The Balaban J connectivity index is 1.57. The van der Waals surface area contributed by atoms with Crippen molar-refractivity contribution in [1.82, 2.24) is 9.88 Å². The molecule has 1 N–H and O–H groups in total. The van der Waals surface area contributed by atoms with Gasteiger partial charge in [-0.1, -0.05) is 50.3 Å². The zero-order valence-corrected chi connectivity index (χ0v) is 20.9. The van der Waals surface area contributed by atoms with Crippen molar-refractivity contribution in [2.24, 2.45) is 11.8 Å². The second kappa shape index (κ2) is 9.76. The highest BCUT2D eigenvalue weighted by atomic mass is 19.1. The molecule has 2 atom stereocenters. The number of rotatable bonds is 8. The largest absolute Gasteiger partial charge is 0.462 e. The van der Waals surface area contributed by atoms with Crippen LogP contribution in [0.4, 0.5) is 4.39 Å². The normalized spacial score (nSPS) is 18.2. The van der Waals surface area contributed by atoms with E-state index in [0.717, 1.165) is 22.2 Å². The van der Waals surface area contributed by atoms with Crippen LogP contribution >= 0.6 is 0 Å². The molecule has 5 rings (SSSR count). The van der Waals surface area contributed by atoms with Crippen LogP contribution in [0.2, 0.25) is 0 Å². The summed E-state index contributed by atoms with van der Waals surface area (Å²) < 4.78 is 20.7. The number of aromatic nitrogens is 1. The third kappa shape index (κ3) is 4.72. The third-order valence-electron chi connectivity index (χ3n) is 6.97. The molecular weight excluding hydrogens is 455 g/mol. The molecule has 0 aliphatic heterocycles. The molecular formula is C30H31FN2O3. The second-order valence-corrected chi connectivity index (χ2v) is 9.93. The SMILES string of the molecule is CCOC(=O)c1ccc2c(C(=O)NCc3ccc(F)cc3)c(C(C)C)n(CC3=CC4CC4C=C3)c2c1. The van der Waals surface area contributed by atoms with Crippen LogP contribution in [-0.4, -0.2) is 23.1 Å². The summed E-state index contributed by atoms with van der Waals surface area (Å²) in [6, 6.07) is 11.5. The second-order valence-electron chi connectivity index (χ2n) is 9.93. The van der Waals surface area contributed by atoms with E-state index in [9.17, 15) is 14.0 Å². The minimum Gasteiger partial charge on any atom is -0.462 e. The predicted molar refractivity (Wildman–Crippen MR) is 138 cm³/mol. The Bertz CT molecular complexity index is 1380. The summed E-state index contributed by atoms with van der Waals surface area (Å²) >= 11 is 0. The van der Waals surface area contributed by atoms with Gasteiger partial charge >= 0.3 is 5.97 Å². The number of esters is 1. The minimum atomic E-state index is -0.377. The average molecular weight is 487 g/mol. The number of benzene rings is 2. The smallest absolute Gasteiger partial charge is 0.338 e. The van der Waals surface area contributed by atoms with Gasteiger partial charge in [0.05, 0.1) is 23.3 Å². The van der Waals surface area contributed by atoms with E-state index in [1.54, 1.807) is 25.1 Å². The van der Waals surface area contributed by atoms with Crippen molar-refractivity contribution in [1.29, 1.82) is 0 Å². The minimum absolute atomic E-state index is 0.0665. The van der Waals surface area contributed by atoms with E-state index < -0.39 is 0 Å². The quantitative estimate of drug-likeness (QED) is 0.389. The van der Waals surface area contributed by atoms with Gasteiger partial charge in [-0.2, -0.15) is 0 Å². The van der Waals surface area contributed by atoms with Gasteiger partial charge in [-0.25, -0.2) is 9.18 Å². The molecule has 1 heterocycles. The maximum atomic E-state index is 13.6. The summed E-state index contributed by atoms with van der Waals surface area (Å²) in [6.45, 7) is 7.16. The van der Waals surface area contributed by atoms with Crippen LogP contribution < -0.4 is 5.32 Å². The number of nitrogens with one attached hydrogen (secondary N) is 1. The van der Waals surface area contributed by atoms with Gasteiger partial charge in [-0.3, -0.25) is 4.79 Å². The van der Waals surface area contributed by atoms with E-state index in [0.29, 0.717) is 42.7 Å². The molecule has 0 saturated heterocycles. The summed E-state index contributed by atoms with van der Waals surface area (Å²) in [4.78, 5) is 26.1. The van der Waals surface area contributed by atoms with Gasteiger partial charge in [0, 0.05) is 24.2 Å². The fourth-order valence-electron chi connectivity index (χ4n) is 5.11. The highest BCUT2D eigenvalue weighted by molar-refractivity contribution is 6.10. The van der Waals surface area contributed by atoms with Crippen LogP contribution in [0.15, 0.2) is 66.3 Å². The predicted octanol–water partition coefficient (Wildman–Crippen LogP) is 6.14. The van der Waals surface area contributed by atoms with Crippen LogP contribution in [-0.2, 0) is 17.8 Å². The summed E-state index contributed by atoms with van der Waals surface area (Å²) in [6.07, 6.45) is 8.01. The molecule has 5 nitrogen and oxygen atoms in total. The number of carbonyl (C=O) groups is 2. The van der Waals surface area contributed by atoms with Crippen molar-refractivity contribution in [3.05, 3.63) is 94.5 Å². The summed E-state index contributed by atoms with van der Waals surface area (Å²) in [5, 5.41) is 3.81. The molecule has 6 heteroatoms. The molecule has 186 valence electrons. The first-order valence-electron chi connectivity index (χ1n) is 12.6. The Morgan fingerprint density at radius 3 is 2.61 bits per heavy atom. The Morgan fingerprint density at radius 2 is 1.92 bits per heavy atom. The Hall–Kier alpha value is -3.67. The van der Waals surface area contributed by atoms with Gasteiger partial charge in [0.2, 0.25) is 0 Å². The van der Waals surface area contributed by atoms with Crippen molar-refractivity contribution in [3.8, 4) is 0 Å². The van der Waals surface area contributed by atoms with Gasteiger partial charge in [-0.15, -0.1) is 0 Å². The van der Waals surface area contributed by atoms with Gasteiger partial charge in [0.15, 0.2) is 0 Å². The number of fused-ring (bicyclic) bond motifs is 2. The molecule has 3 aromatic rings. The molecule has 1 fully saturated rings. The van der Waals surface area contributed by atoms with E-state index in [-0.39, 0.29) is 23.6 Å². The zero-order chi connectivity index (χ0) is 25.4. The lowest BCUT2D eigenvalue weighted by Crippen LogP contribution is -2.24. The number of carbonyl (C=O) groups excluding carboxylic acids is 2. The summed E-state index contributed by atoms with van der Waals surface area (Å²) in [5.41, 5.74) is 4.88. The number of halogens is 1. The monoisotopic (exact) mass is 486 g/mol. The van der Waals surface area contributed by atoms with Crippen molar-refractivity contribution < 1.29 is 18.7 Å². The third-order valence-corrected chi connectivity index (χ3v) is 6.97. The molecule has 36 heavy (non-hydrogen) atoms. The van der Waals surface area contributed by atoms with E-state index in [1.165, 1.54) is 24.1 Å². The fraction of sp³-hybridized carbons (Fsp3) is 0.333. The van der Waals surface area contributed by atoms with E-state index in [2.05, 4.69) is 42.0 Å². The lowest BCUT2D eigenvalue weighted by atomic mass is 10.0. The highest BCUT2D eigenvalue weighted by Gasteiger charge is 2.35. The van der Waals surface area contributed by atoms with Gasteiger partial charge < -0.3 is 14.6 Å². The van der Waals surface area contributed by atoms with Crippen molar-refractivity contribution >= 4 is 22.8 Å². The first-order valence-corrected chi connectivity index (χ1v) is 12.6. The van der Waals surface area contributed by atoms with Crippen LogP contribution in [0.5, 0.6) is 0 Å². The van der Waals surface area contributed by atoms with Crippen LogP contribution in [0.25, 0.3) is 10.9 Å². The molecule has 2 aliphatic carbocycles. The van der Waals surface area contributed by atoms with Crippen LogP contribution in [0.1, 0.15) is 65.1 Å². The number of ether oxygens (including phenoxy) is 1. The zero-order valence-electron chi connectivity index (χ0n) is 20.9. The standard InChI is InChI=1S/C30H31FN2O3/c1-4-36-30(35)22-9-12-25-26(15-22)33(17-20-5-8-21-14-23(21)13-20)28(18(2)3)27(25)29(34)32-16-19-6-10-24(31)11-7-19/h5-13,15,18,21,23H,4,14,16-17H2,1-3H3,(H,32,34). The fourth-order valence-corrected chi connectivity index (χ4v) is 5.11. The van der Waals surface area contributed by atoms with Crippen molar-refractivity contribution in [2.75, 3.05) is 6.61 Å². The first kappa shape index (κ1) is 24.0. The van der Waals surface area contributed by atoms with E-state index >= 15 is 0 Å². The Kier molecular flexibility index (Phi) is 6.52. The number of hydrogen-bond acceptors (Lipinski definition) is 3. The molecule has 1 amide bonds. The molecule has 2 aromatic carbocycles. The summed E-state index contributed by atoms with van der Waals surface area (Å²) in [7, 11) is 0. The molecule has 1 saturated carbocycles. The molecule has 2 aliphatic rings. The van der Waals surface area contributed by atoms with Gasteiger partial charge in [0.1, 0.15) is 5.82 Å².